The van der Waals surface area contributed by atoms with E-state index in [-0.39, 0.29) is 16.9 Å². The first-order chi connectivity index (χ1) is 10.0. The minimum atomic E-state index is -3.45. The fourth-order valence-electron chi connectivity index (χ4n) is 2.36. The molecule has 7 heteroatoms. The maximum atomic E-state index is 12.1. The topological polar surface area (TPSA) is 75.7 Å². The molecule has 0 saturated carbocycles. The van der Waals surface area contributed by atoms with E-state index in [9.17, 15) is 13.2 Å². The van der Waals surface area contributed by atoms with Gasteiger partial charge in [0.2, 0.25) is 10.0 Å². The van der Waals surface area contributed by atoms with Crippen LogP contribution in [0, 0.1) is 5.92 Å². The van der Waals surface area contributed by atoms with Gasteiger partial charge in [0.25, 0.3) is 0 Å². The lowest BCUT2D eigenvalue weighted by atomic mass is 9.97. The number of carbonyl (C=O) groups is 1. The normalized spacial score (nSPS) is 16.7. The van der Waals surface area contributed by atoms with E-state index in [0.29, 0.717) is 19.6 Å². The molecule has 0 spiro atoms. The van der Waals surface area contributed by atoms with Crippen LogP contribution >= 0.6 is 0 Å². The van der Waals surface area contributed by atoms with Crippen molar-refractivity contribution in [3.63, 3.8) is 0 Å². The van der Waals surface area contributed by atoms with Gasteiger partial charge in [0.05, 0.1) is 12.0 Å². The van der Waals surface area contributed by atoms with Gasteiger partial charge in [-0.1, -0.05) is 18.2 Å². The number of piperidine rings is 1. The van der Waals surface area contributed by atoms with Gasteiger partial charge in [0.15, 0.2) is 0 Å². The zero-order chi connectivity index (χ0) is 15.3. The number of likely N-dealkylation sites (tertiary alicyclic amines) is 1. The van der Waals surface area contributed by atoms with E-state index in [1.54, 1.807) is 35.2 Å². The van der Waals surface area contributed by atoms with Crippen molar-refractivity contribution in [3.8, 4) is 0 Å². The minimum absolute atomic E-state index is 0.240. The molecular formula is C14H20N2O4S. The molecule has 0 bridgehead atoms. The first-order valence-electron chi connectivity index (χ1n) is 6.90. The number of ether oxygens (including phenoxy) is 1. The van der Waals surface area contributed by atoms with Gasteiger partial charge in [0.1, 0.15) is 0 Å². The Morgan fingerprint density at radius 1 is 1.29 bits per heavy atom. The number of hydrogen-bond donors (Lipinski definition) is 1. The van der Waals surface area contributed by atoms with Crippen LogP contribution in [0.1, 0.15) is 12.8 Å². The van der Waals surface area contributed by atoms with Crippen molar-refractivity contribution >= 4 is 16.1 Å². The first kappa shape index (κ1) is 15.8. The van der Waals surface area contributed by atoms with Crippen LogP contribution in [-0.4, -0.2) is 46.2 Å². The molecule has 6 nitrogen and oxygen atoms in total. The quantitative estimate of drug-likeness (QED) is 0.913. The van der Waals surface area contributed by atoms with E-state index in [1.165, 1.54) is 7.11 Å². The number of rotatable bonds is 4. The van der Waals surface area contributed by atoms with Crippen molar-refractivity contribution in [2.24, 2.45) is 5.92 Å². The number of benzene rings is 1. The molecule has 1 aliphatic rings. The summed E-state index contributed by atoms with van der Waals surface area (Å²) in [6.07, 6.45) is 1.22. The first-order valence-corrected chi connectivity index (χ1v) is 8.39. The fourth-order valence-corrected chi connectivity index (χ4v) is 3.50. The van der Waals surface area contributed by atoms with Gasteiger partial charge < -0.3 is 9.64 Å². The summed E-state index contributed by atoms with van der Waals surface area (Å²) in [5.41, 5.74) is 0. The Bertz CT molecular complexity index is 566. The summed E-state index contributed by atoms with van der Waals surface area (Å²) in [4.78, 5) is 13.3. The van der Waals surface area contributed by atoms with E-state index < -0.39 is 10.0 Å². The monoisotopic (exact) mass is 312 g/mol. The SMILES string of the molecule is COC(=O)N1CCC(CNS(=O)(=O)c2ccccc2)CC1. The van der Waals surface area contributed by atoms with Crippen molar-refractivity contribution in [2.45, 2.75) is 17.7 Å². The summed E-state index contributed by atoms with van der Waals surface area (Å²) in [6.45, 7) is 1.60. The fraction of sp³-hybridized carbons (Fsp3) is 0.500. The summed E-state index contributed by atoms with van der Waals surface area (Å²) in [5.74, 6) is 0.240. The maximum absolute atomic E-state index is 12.1. The summed E-state index contributed by atoms with van der Waals surface area (Å²) >= 11 is 0. The number of hydrogen-bond acceptors (Lipinski definition) is 4. The standard InChI is InChI=1S/C14H20N2O4S/c1-20-14(17)16-9-7-12(8-10-16)11-15-21(18,19)13-5-3-2-4-6-13/h2-6,12,15H,7-11H2,1H3. The largest absolute Gasteiger partial charge is 0.453 e. The van der Waals surface area contributed by atoms with Gasteiger partial charge in [-0.3, -0.25) is 0 Å². The molecule has 1 amide bonds. The van der Waals surface area contributed by atoms with Crippen LogP contribution in [0.15, 0.2) is 35.2 Å². The molecule has 116 valence electrons. The van der Waals surface area contributed by atoms with Gasteiger partial charge in [0, 0.05) is 19.6 Å². The number of sulfonamides is 1. The lowest BCUT2D eigenvalue weighted by molar-refractivity contribution is 0.106. The van der Waals surface area contributed by atoms with E-state index in [4.69, 9.17) is 0 Å². The van der Waals surface area contributed by atoms with Crippen molar-refractivity contribution in [1.82, 2.24) is 9.62 Å². The second-order valence-corrected chi connectivity index (χ2v) is 6.83. The van der Waals surface area contributed by atoms with Crippen LogP contribution in [0.5, 0.6) is 0 Å². The second kappa shape index (κ2) is 6.91. The Balaban J connectivity index is 1.84. The summed E-state index contributed by atoms with van der Waals surface area (Å²) in [7, 11) is -2.09. The van der Waals surface area contributed by atoms with Crippen LogP contribution in [0.25, 0.3) is 0 Å². The number of nitrogens with one attached hydrogen (secondary N) is 1. The van der Waals surface area contributed by atoms with Crippen LogP contribution < -0.4 is 4.72 Å². The molecule has 0 aliphatic carbocycles. The molecular weight excluding hydrogens is 292 g/mol. The maximum Gasteiger partial charge on any atom is 0.409 e. The number of carbonyl (C=O) groups excluding carboxylic acids is 1. The predicted molar refractivity (Wildman–Crippen MR) is 78.3 cm³/mol. The van der Waals surface area contributed by atoms with Crippen LogP contribution in [0.2, 0.25) is 0 Å². The molecule has 1 heterocycles. The Morgan fingerprint density at radius 3 is 2.48 bits per heavy atom. The molecule has 0 aromatic heterocycles. The Kier molecular flexibility index (Phi) is 5.19. The summed E-state index contributed by atoms with van der Waals surface area (Å²) in [5, 5.41) is 0. The van der Waals surface area contributed by atoms with Crippen molar-refractivity contribution < 1.29 is 17.9 Å². The minimum Gasteiger partial charge on any atom is -0.453 e. The molecule has 0 radical (unpaired) electrons. The van der Waals surface area contributed by atoms with Crippen LogP contribution in [0.3, 0.4) is 0 Å². The van der Waals surface area contributed by atoms with Crippen LogP contribution in [-0.2, 0) is 14.8 Å². The molecule has 1 fully saturated rings. The lowest BCUT2D eigenvalue weighted by Crippen LogP contribution is -2.41. The molecule has 1 N–H and O–H groups in total. The van der Waals surface area contributed by atoms with Crippen molar-refractivity contribution in [3.05, 3.63) is 30.3 Å². The Labute approximate surface area is 125 Å². The van der Waals surface area contributed by atoms with Crippen molar-refractivity contribution in [2.75, 3.05) is 26.7 Å². The average Bonchev–Trinajstić information content (AvgIpc) is 2.53. The zero-order valence-electron chi connectivity index (χ0n) is 12.0. The molecule has 1 saturated heterocycles. The molecule has 1 aliphatic heterocycles. The third kappa shape index (κ3) is 4.18. The Morgan fingerprint density at radius 2 is 1.90 bits per heavy atom. The third-order valence-electron chi connectivity index (χ3n) is 3.66. The Hall–Kier alpha value is -1.60. The van der Waals surface area contributed by atoms with Gasteiger partial charge in [-0.15, -0.1) is 0 Å². The summed E-state index contributed by atoms with van der Waals surface area (Å²) < 4.78 is 31.5. The molecule has 2 rings (SSSR count). The molecule has 1 aromatic carbocycles. The van der Waals surface area contributed by atoms with E-state index in [0.717, 1.165) is 12.8 Å². The number of methoxy groups -OCH3 is 1. The highest BCUT2D eigenvalue weighted by molar-refractivity contribution is 7.89. The molecule has 1 aromatic rings. The second-order valence-electron chi connectivity index (χ2n) is 5.07. The van der Waals surface area contributed by atoms with E-state index >= 15 is 0 Å². The van der Waals surface area contributed by atoms with E-state index in [1.807, 2.05) is 0 Å². The highest BCUT2D eigenvalue weighted by Crippen LogP contribution is 2.18. The van der Waals surface area contributed by atoms with E-state index in [2.05, 4.69) is 9.46 Å². The number of amides is 1. The molecule has 0 unspecified atom stereocenters. The van der Waals surface area contributed by atoms with Gasteiger partial charge in [-0.05, 0) is 30.9 Å². The van der Waals surface area contributed by atoms with Crippen LogP contribution in [0.4, 0.5) is 4.79 Å². The predicted octanol–water partition coefficient (Wildman–Crippen LogP) is 1.44. The molecule has 21 heavy (non-hydrogen) atoms. The van der Waals surface area contributed by atoms with Gasteiger partial charge in [-0.2, -0.15) is 0 Å². The van der Waals surface area contributed by atoms with Gasteiger partial charge in [-0.25, -0.2) is 17.9 Å². The van der Waals surface area contributed by atoms with Crippen molar-refractivity contribution in [1.29, 1.82) is 0 Å². The smallest absolute Gasteiger partial charge is 0.409 e. The zero-order valence-corrected chi connectivity index (χ0v) is 12.8. The highest BCUT2D eigenvalue weighted by atomic mass is 32.2. The lowest BCUT2D eigenvalue weighted by Gasteiger charge is -2.30. The number of nitrogens with zero attached hydrogens (tertiary/aromatic N) is 1. The summed E-state index contributed by atoms with van der Waals surface area (Å²) in [6, 6.07) is 8.32. The molecule has 0 atom stereocenters. The highest BCUT2D eigenvalue weighted by Gasteiger charge is 2.24. The average molecular weight is 312 g/mol. The van der Waals surface area contributed by atoms with Gasteiger partial charge >= 0.3 is 6.09 Å². The third-order valence-corrected chi connectivity index (χ3v) is 5.10.